The van der Waals surface area contributed by atoms with Crippen LogP contribution in [-0.2, 0) is 0 Å². The van der Waals surface area contributed by atoms with Crippen molar-refractivity contribution in [3.05, 3.63) is 5.21 Å². The van der Waals surface area contributed by atoms with Crippen molar-refractivity contribution in [1.29, 1.82) is 0 Å². The van der Waals surface area contributed by atoms with E-state index in [0.29, 0.717) is 0 Å². The summed E-state index contributed by atoms with van der Waals surface area (Å²) >= 11 is 0. The summed E-state index contributed by atoms with van der Waals surface area (Å²) in [5, 5.41) is 10.1. The van der Waals surface area contributed by atoms with E-state index in [-0.39, 0.29) is 5.54 Å². The average Bonchev–Trinajstić information content (AvgIpc) is 1.68. The molecule has 2 N–H and O–H groups in total. The molecule has 0 spiro atoms. The van der Waals surface area contributed by atoms with Gasteiger partial charge in [-0.05, 0) is 20.3 Å². The van der Waals surface area contributed by atoms with E-state index >= 15 is 0 Å². The highest BCUT2D eigenvalue weighted by Gasteiger charge is 2.11. The Hall–Kier alpha value is -0.0800. The fraction of sp³-hybridized carbons (Fsp3) is 1.00. The lowest BCUT2D eigenvalue weighted by Crippen LogP contribution is -2.89. The topological polar surface area (TPSA) is 39.7 Å². The van der Waals surface area contributed by atoms with Crippen LogP contribution >= 0.6 is 0 Å². The van der Waals surface area contributed by atoms with Crippen molar-refractivity contribution in [2.75, 3.05) is 0 Å². The molecule has 0 aliphatic heterocycles. The van der Waals surface area contributed by atoms with Gasteiger partial charge in [-0.25, -0.2) is 0 Å². The first kappa shape index (κ1) is 6.92. The Bertz CT molecular complexity index is 46.0. The highest BCUT2D eigenvalue weighted by Crippen LogP contribution is 1.97. The Morgan fingerprint density at radius 2 is 2.00 bits per heavy atom. The molecule has 0 saturated carbocycles. The van der Waals surface area contributed by atoms with Crippen molar-refractivity contribution in [2.24, 2.45) is 0 Å². The minimum Gasteiger partial charge on any atom is -0.635 e. The number of rotatable bonds is 2. The van der Waals surface area contributed by atoms with Crippen LogP contribution in [0.1, 0.15) is 27.2 Å². The maximum atomic E-state index is 10.1. The van der Waals surface area contributed by atoms with Crippen LogP contribution in [0.3, 0.4) is 0 Å². The number of hydroxylamine groups is 1. The van der Waals surface area contributed by atoms with Crippen LogP contribution in [0.5, 0.6) is 0 Å². The first-order valence-electron chi connectivity index (χ1n) is 2.59. The van der Waals surface area contributed by atoms with Gasteiger partial charge in [0.15, 0.2) is 0 Å². The zero-order chi connectivity index (χ0) is 5.91. The predicted molar refractivity (Wildman–Crippen MR) is 29.7 cm³/mol. The van der Waals surface area contributed by atoms with Crippen molar-refractivity contribution in [1.82, 2.24) is 0 Å². The van der Waals surface area contributed by atoms with E-state index in [2.05, 4.69) is 0 Å². The summed E-state index contributed by atoms with van der Waals surface area (Å²) in [6.07, 6.45) is 0.927. The molecule has 44 valence electrons. The monoisotopic (exact) mass is 103 g/mol. The smallest absolute Gasteiger partial charge is 0.0898 e. The Kier molecular flexibility index (Phi) is 2.26. The first-order chi connectivity index (χ1) is 3.12. The van der Waals surface area contributed by atoms with Gasteiger partial charge in [-0.15, -0.1) is 0 Å². The van der Waals surface area contributed by atoms with Gasteiger partial charge in [-0.2, -0.15) is 0 Å². The van der Waals surface area contributed by atoms with E-state index in [0.717, 1.165) is 11.9 Å². The fourth-order valence-electron chi connectivity index (χ4n) is 0.0833. The second-order valence-electron chi connectivity index (χ2n) is 2.46. The second-order valence-corrected chi connectivity index (χ2v) is 2.46. The van der Waals surface area contributed by atoms with E-state index in [4.69, 9.17) is 0 Å². The molecule has 7 heavy (non-hydrogen) atoms. The Labute approximate surface area is 44.5 Å². The maximum absolute atomic E-state index is 10.1. The largest absolute Gasteiger partial charge is 0.635 e. The third-order valence-electron chi connectivity index (χ3n) is 1.23. The molecule has 2 nitrogen and oxygen atoms in total. The summed E-state index contributed by atoms with van der Waals surface area (Å²) in [6.45, 7) is 5.87. The van der Waals surface area contributed by atoms with Gasteiger partial charge in [0, 0.05) is 0 Å². The van der Waals surface area contributed by atoms with E-state index in [1.54, 1.807) is 0 Å². The summed E-state index contributed by atoms with van der Waals surface area (Å²) in [6, 6.07) is 0. The van der Waals surface area contributed by atoms with E-state index < -0.39 is 0 Å². The van der Waals surface area contributed by atoms with Crippen molar-refractivity contribution < 1.29 is 5.48 Å². The van der Waals surface area contributed by atoms with Gasteiger partial charge in [-0.1, -0.05) is 6.92 Å². The minimum atomic E-state index is -0.0972. The van der Waals surface area contributed by atoms with Gasteiger partial charge in [0.25, 0.3) is 0 Å². The van der Waals surface area contributed by atoms with Gasteiger partial charge < -0.3 is 10.7 Å². The summed E-state index contributed by atoms with van der Waals surface area (Å²) in [7, 11) is 0. The van der Waals surface area contributed by atoms with E-state index in [9.17, 15) is 5.21 Å². The summed E-state index contributed by atoms with van der Waals surface area (Å²) in [5.74, 6) is 0. The van der Waals surface area contributed by atoms with Crippen molar-refractivity contribution in [2.45, 2.75) is 32.7 Å². The number of nitrogens with two attached hydrogens (primary N) is 1. The maximum Gasteiger partial charge on any atom is 0.0898 e. The molecule has 0 radical (unpaired) electrons. The van der Waals surface area contributed by atoms with Crippen LogP contribution < -0.4 is 5.48 Å². The normalized spacial score (nSPS) is 12.0. The number of hydrogen-bond donors (Lipinski definition) is 1. The Morgan fingerprint density at radius 1 is 1.57 bits per heavy atom. The molecule has 0 heterocycles. The molecule has 0 atom stereocenters. The van der Waals surface area contributed by atoms with Gasteiger partial charge in [-0.3, -0.25) is 0 Å². The molecular formula is C5H13NO. The molecule has 0 fully saturated rings. The van der Waals surface area contributed by atoms with Gasteiger partial charge >= 0.3 is 0 Å². The molecule has 2 heteroatoms. The predicted octanol–water partition coefficient (Wildman–Crippen LogP) is 0.236. The zero-order valence-electron chi connectivity index (χ0n) is 5.19. The lowest BCUT2D eigenvalue weighted by atomic mass is 10.0. The van der Waals surface area contributed by atoms with Crippen LogP contribution in [0, 0.1) is 5.21 Å². The molecule has 0 bridgehead atoms. The SMILES string of the molecule is CCC(C)(C)[NH2+][O-]. The molecule has 0 amide bonds. The molecule has 0 unspecified atom stereocenters. The standard InChI is InChI=1S/C5H13NO/c1-4-5(2,3)6-7/h4,6H2,1-3H3. The van der Waals surface area contributed by atoms with E-state index in [1.807, 2.05) is 20.8 Å². The van der Waals surface area contributed by atoms with Crippen molar-refractivity contribution in [3.8, 4) is 0 Å². The average molecular weight is 103 g/mol. The minimum absolute atomic E-state index is 0.0972. The molecule has 0 saturated heterocycles. The van der Waals surface area contributed by atoms with E-state index in [1.165, 1.54) is 0 Å². The lowest BCUT2D eigenvalue weighted by molar-refractivity contribution is -0.662. The summed E-state index contributed by atoms with van der Waals surface area (Å²) < 4.78 is 0. The molecule has 0 aromatic carbocycles. The number of hydrogen-bond acceptors (Lipinski definition) is 1. The van der Waals surface area contributed by atoms with Gasteiger partial charge in [0.1, 0.15) is 0 Å². The highest BCUT2D eigenvalue weighted by atomic mass is 16.5. The molecule has 0 aliphatic carbocycles. The van der Waals surface area contributed by atoms with Crippen LogP contribution in [-0.4, -0.2) is 5.54 Å². The zero-order valence-corrected chi connectivity index (χ0v) is 5.19. The quantitative estimate of drug-likeness (QED) is 0.499. The third kappa shape index (κ3) is 2.60. The third-order valence-corrected chi connectivity index (χ3v) is 1.23. The fourth-order valence-corrected chi connectivity index (χ4v) is 0.0833. The Balaban J connectivity index is 3.36. The first-order valence-corrected chi connectivity index (χ1v) is 2.59. The molecule has 0 rings (SSSR count). The van der Waals surface area contributed by atoms with Gasteiger partial charge in [0.05, 0.1) is 5.54 Å². The van der Waals surface area contributed by atoms with Crippen molar-refractivity contribution in [3.63, 3.8) is 0 Å². The summed E-state index contributed by atoms with van der Waals surface area (Å²) in [5.41, 5.74) is 0.896. The molecule has 0 aromatic rings. The van der Waals surface area contributed by atoms with Crippen LogP contribution in [0.4, 0.5) is 0 Å². The van der Waals surface area contributed by atoms with Crippen LogP contribution in [0.25, 0.3) is 0 Å². The van der Waals surface area contributed by atoms with Crippen LogP contribution in [0.2, 0.25) is 0 Å². The molecule has 0 aliphatic rings. The van der Waals surface area contributed by atoms with Gasteiger partial charge in [0.2, 0.25) is 0 Å². The van der Waals surface area contributed by atoms with Crippen molar-refractivity contribution >= 4 is 0 Å². The lowest BCUT2D eigenvalue weighted by Gasteiger charge is -2.22. The van der Waals surface area contributed by atoms with Crippen LogP contribution in [0.15, 0.2) is 0 Å². The second kappa shape index (κ2) is 2.28. The summed E-state index contributed by atoms with van der Waals surface area (Å²) in [4.78, 5) is 0. The molecular weight excluding hydrogens is 90.1 g/mol. The number of quaternary nitrogens is 1. The molecule has 0 aromatic heterocycles. The highest BCUT2D eigenvalue weighted by molar-refractivity contribution is 4.59. The Morgan fingerprint density at radius 3 is 2.00 bits per heavy atom.